The highest BCUT2D eigenvalue weighted by atomic mass is 16.1. The van der Waals surface area contributed by atoms with E-state index in [4.69, 9.17) is 5.73 Å². The molecule has 0 bridgehead atoms. The molecule has 0 radical (unpaired) electrons. The zero-order valence-electron chi connectivity index (χ0n) is 9.73. The predicted octanol–water partition coefficient (Wildman–Crippen LogP) is 1.49. The van der Waals surface area contributed by atoms with E-state index in [1.807, 2.05) is 25.1 Å². The van der Waals surface area contributed by atoms with Crippen LogP contribution in [0.1, 0.15) is 13.3 Å². The third kappa shape index (κ3) is 2.62. The minimum absolute atomic E-state index is 0.00526. The highest BCUT2D eigenvalue weighted by Crippen LogP contribution is 2.17. The van der Waals surface area contributed by atoms with Crippen molar-refractivity contribution in [3.63, 3.8) is 0 Å². The number of carbonyl (C=O) groups excluding carboxylic acids is 1. The zero-order valence-corrected chi connectivity index (χ0v) is 9.73. The smallest absolute Gasteiger partial charge is 0.227 e. The zero-order chi connectivity index (χ0) is 12.3. The molecule has 5 heteroatoms. The summed E-state index contributed by atoms with van der Waals surface area (Å²) in [6.07, 6.45) is 2.44. The first kappa shape index (κ1) is 11.6. The number of nitrogens with one attached hydrogen (secondary N) is 2. The average molecular weight is 232 g/mol. The van der Waals surface area contributed by atoms with E-state index in [0.29, 0.717) is 13.0 Å². The van der Waals surface area contributed by atoms with Crippen LogP contribution in [0.3, 0.4) is 0 Å². The first-order valence-corrected chi connectivity index (χ1v) is 5.65. The van der Waals surface area contributed by atoms with Crippen LogP contribution in [0.5, 0.6) is 0 Å². The van der Waals surface area contributed by atoms with Gasteiger partial charge in [-0.25, -0.2) is 0 Å². The van der Waals surface area contributed by atoms with Gasteiger partial charge in [-0.15, -0.1) is 0 Å². The lowest BCUT2D eigenvalue weighted by Gasteiger charge is -2.10. The lowest BCUT2D eigenvalue weighted by atomic mass is 10.1. The first-order chi connectivity index (χ1) is 8.20. The molecule has 1 heterocycles. The van der Waals surface area contributed by atoms with Crippen LogP contribution in [-0.4, -0.2) is 22.6 Å². The molecular weight excluding hydrogens is 216 g/mol. The van der Waals surface area contributed by atoms with Gasteiger partial charge in [-0.3, -0.25) is 9.89 Å². The number of anilines is 1. The SMILES string of the molecule is CC(CCN)C(=O)Nc1ccc2cn[nH]c2c1. The molecule has 2 rings (SSSR count). The van der Waals surface area contributed by atoms with Crippen LogP contribution in [0.25, 0.3) is 10.9 Å². The Kier molecular flexibility index (Phi) is 3.39. The van der Waals surface area contributed by atoms with Gasteiger partial charge in [-0.1, -0.05) is 6.92 Å². The third-order valence-electron chi connectivity index (χ3n) is 2.76. The van der Waals surface area contributed by atoms with Gasteiger partial charge >= 0.3 is 0 Å². The van der Waals surface area contributed by atoms with Crippen LogP contribution in [0, 0.1) is 5.92 Å². The van der Waals surface area contributed by atoms with Crippen molar-refractivity contribution in [3.8, 4) is 0 Å². The fraction of sp³-hybridized carbons (Fsp3) is 0.333. The van der Waals surface area contributed by atoms with E-state index < -0.39 is 0 Å². The van der Waals surface area contributed by atoms with E-state index in [2.05, 4.69) is 15.5 Å². The van der Waals surface area contributed by atoms with Crippen molar-refractivity contribution in [3.05, 3.63) is 24.4 Å². The van der Waals surface area contributed by atoms with Crippen molar-refractivity contribution in [2.24, 2.45) is 11.7 Å². The lowest BCUT2D eigenvalue weighted by molar-refractivity contribution is -0.119. The fourth-order valence-corrected chi connectivity index (χ4v) is 1.66. The summed E-state index contributed by atoms with van der Waals surface area (Å²) in [5.41, 5.74) is 7.11. The summed E-state index contributed by atoms with van der Waals surface area (Å²) in [5, 5.41) is 10.7. The lowest BCUT2D eigenvalue weighted by Crippen LogP contribution is -2.22. The Labute approximate surface area is 99.4 Å². The Morgan fingerprint density at radius 1 is 1.59 bits per heavy atom. The second-order valence-electron chi connectivity index (χ2n) is 4.14. The molecule has 4 N–H and O–H groups in total. The monoisotopic (exact) mass is 232 g/mol. The van der Waals surface area contributed by atoms with Crippen LogP contribution in [-0.2, 0) is 4.79 Å². The van der Waals surface area contributed by atoms with Crippen molar-refractivity contribution >= 4 is 22.5 Å². The number of carbonyl (C=O) groups is 1. The summed E-state index contributed by atoms with van der Waals surface area (Å²) in [4.78, 5) is 11.8. The maximum atomic E-state index is 11.8. The molecule has 1 amide bonds. The van der Waals surface area contributed by atoms with Crippen molar-refractivity contribution in [1.82, 2.24) is 10.2 Å². The maximum absolute atomic E-state index is 11.8. The van der Waals surface area contributed by atoms with Crippen LogP contribution < -0.4 is 11.1 Å². The topological polar surface area (TPSA) is 83.8 Å². The minimum Gasteiger partial charge on any atom is -0.330 e. The minimum atomic E-state index is -0.0718. The predicted molar refractivity (Wildman–Crippen MR) is 67.6 cm³/mol. The number of nitrogens with zero attached hydrogens (tertiary/aromatic N) is 1. The molecule has 0 spiro atoms. The summed E-state index contributed by atoms with van der Waals surface area (Å²) in [6.45, 7) is 2.39. The van der Waals surface area contributed by atoms with Gasteiger partial charge in [0, 0.05) is 17.0 Å². The Bertz CT molecular complexity index is 520. The van der Waals surface area contributed by atoms with Crippen LogP contribution in [0.15, 0.2) is 24.4 Å². The van der Waals surface area contributed by atoms with Gasteiger partial charge in [-0.2, -0.15) is 5.10 Å². The van der Waals surface area contributed by atoms with Crippen molar-refractivity contribution in [1.29, 1.82) is 0 Å². The molecule has 17 heavy (non-hydrogen) atoms. The molecule has 5 nitrogen and oxygen atoms in total. The van der Waals surface area contributed by atoms with E-state index >= 15 is 0 Å². The Hall–Kier alpha value is -1.88. The molecule has 0 saturated heterocycles. The van der Waals surface area contributed by atoms with Gasteiger partial charge in [0.2, 0.25) is 5.91 Å². The molecule has 1 aromatic carbocycles. The van der Waals surface area contributed by atoms with E-state index in [9.17, 15) is 4.79 Å². The maximum Gasteiger partial charge on any atom is 0.227 e. The number of H-pyrrole nitrogens is 1. The number of amides is 1. The summed E-state index contributed by atoms with van der Waals surface area (Å²) in [6, 6.07) is 5.66. The van der Waals surface area contributed by atoms with E-state index in [0.717, 1.165) is 16.6 Å². The largest absolute Gasteiger partial charge is 0.330 e. The third-order valence-corrected chi connectivity index (χ3v) is 2.76. The number of aromatic nitrogens is 2. The molecule has 1 atom stereocenters. The van der Waals surface area contributed by atoms with Gasteiger partial charge in [0.1, 0.15) is 0 Å². The number of aromatic amines is 1. The summed E-state index contributed by atoms with van der Waals surface area (Å²) >= 11 is 0. The quantitative estimate of drug-likeness (QED) is 0.746. The van der Waals surface area contributed by atoms with Crippen LogP contribution in [0.4, 0.5) is 5.69 Å². The highest BCUT2D eigenvalue weighted by molar-refractivity contribution is 5.94. The van der Waals surface area contributed by atoms with E-state index in [1.165, 1.54) is 0 Å². The molecule has 0 fully saturated rings. The number of benzene rings is 1. The normalized spacial score (nSPS) is 12.6. The van der Waals surface area contributed by atoms with Gasteiger partial charge in [-0.05, 0) is 31.2 Å². The molecule has 1 aromatic heterocycles. The summed E-state index contributed by atoms with van der Waals surface area (Å²) in [5.74, 6) is -0.0771. The van der Waals surface area contributed by atoms with Gasteiger partial charge in [0.25, 0.3) is 0 Å². The first-order valence-electron chi connectivity index (χ1n) is 5.65. The summed E-state index contributed by atoms with van der Waals surface area (Å²) in [7, 11) is 0. The molecule has 0 aliphatic rings. The molecule has 0 aliphatic carbocycles. The Morgan fingerprint density at radius 2 is 2.41 bits per heavy atom. The van der Waals surface area contributed by atoms with Gasteiger partial charge in [0.15, 0.2) is 0 Å². The molecule has 90 valence electrons. The fourth-order valence-electron chi connectivity index (χ4n) is 1.66. The van der Waals surface area contributed by atoms with Crippen molar-refractivity contribution < 1.29 is 4.79 Å². The number of hydrogen-bond acceptors (Lipinski definition) is 3. The molecule has 0 aliphatic heterocycles. The van der Waals surface area contributed by atoms with Crippen LogP contribution in [0.2, 0.25) is 0 Å². The average Bonchev–Trinajstić information content (AvgIpc) is 2.76. The number of hydrogen-bond donors (Lipinski definition) is 3. The molecule has 1 unspecified atom stereocenters. The van der Waals surface area contributed by atoms with E-state index in [-0.39, 0.29) is 11.8 Å². The van der Waals surface area contributed by atoms with Crippen molar-refractivity contribution in [2.45, 2.75) is 13.3 Å². The number of rotatable bonds is 4. The van der Waals surface area contributed by atoms with Crippen LogP contribution >= 0.6 is 0 Å². The second kappa shape index (κ2) is 4.97. The van der Waals surface area contributed by atoms with Crippen molar-refractivity contribution in [2.75, 3.05) is 11.9 Å². The number of fused-ring (bicyclic) bond motifs is 1. The molecule has 2 aromatic rings. The number of nitrogens with two attached hydrogens (primary N) is 1. The van der Waals surface area contributed by atoms with E-state index in [1.54, 1.807) is 6.20 Å². The second-order valence-corrected chi connectivity index (χ2v) is 4.14. The standard InChI is InChI=1S/C12H16N4O/c1-8(4-5-13)12(17)15-10-3-2-9-7-14-16-11(9)6-10/h2-3,6-8H,4-5,13H2,1H3,(H,14,16)(H,15,17). The highest BCUT2D eigenvalue weighted by Gasteiger charge is 2.12. The molecular formula is C12H16N4O. The summed E-state index contributed by atoms with van der Waals surface area (Å²) < 4.78 is 0. The Morgan fingerprint density at radius 3 is 3.18 bits per heavy atom. The van der Waals surface area contributed by atoms with Gasteiger partial charge < -0.3 is 11.1 Å². The Balaban J connectivity index is 2.09. The van der Waals surface area contributed by atoms with Gasteiger partial charge in [0.05, 0.1) is 11.7 Å². The molecule has 0 saturated carbocycles.